The lowest BCUT2D eigenvalue weighted by atomic mass is 9.78. The molecule has 1 heterocycles. The Morgan fingerprint density at radius 2 is 1.36 bits per heavy atom. The molecule has 184 valence electrons. The van der Waals surface area contributed by atoms with E-state index in [4.69, 9.17) is 14.3 Å². The predicted molar refractivity (Wildman–Crippen MR) is 132 cm³/mol. The molecular weight excluding hydrogens is 460 g/mol. The van der Waals surface area contributed by atoms with Gasteiger partial charge >= 0.3 is 11.9 Å². The summed E-state index contributed by atoms with van der Waals surface area (Å²) in [5.74, 6) is -1.93. The van der Waals surface area contributed by atoms with Crippen molar-refractivity contribution in [3.05, 3.63) is 96.6 Å². The maximum atomic E-state index is 14.0. The number of methoxy groups -OCH3 is 2. The number of hydrogen-bond acceptors (Lipinski definition) is 7. The van der Waals surface area contributed by atoms with Gasteiger partial charge in [-0.2, -0.15) is 0 Å². The van der Waals surface area contributed by atoms with Gasteiger partial charge in [-0.05, 0) is 36.2 Å². The molecule has 1 N–H and O–H groups in total. The number of carbonyl (C=O) groups excluding carboxylic acids is 3. The van der Waals surface area contributed by atoms with Gasteiger partial charge < -0.3 is 14.8 Å². The summed E-state index contributed by atoms with van der Waals surface area (Å²) in [6.07, 6.45) is -0.779. The largest absolute Gasteiger partial charge is 0.468 e. The fraction of sp³-hybridized carbons (Fsp3) is 0.250. The molecule has 0 radical (unpaired) electrons. The highest BCUT2D eigenvalue weighted by atomic mass is 16.7. The third-order valence-corrected chi connectivity index (χ3v) is 7.11. The van der Waals surface area contributed by atoms with Crippen LogP contribution in [0.3, 0.4) is 0 Å². The first-order chi connectivity index (χ1) is 17.5. The number of hydroxylamine groups is 1. The highest BCUT2D eigenvalue weighted by Gasteiger charge is 2.88. The van der Waals surface area contributed by atoms with Crippen LogP contribution in [-0.4, -0.2) is 38.1 Å². The number of carbonyl (C=O) groups is 3. The highest BCUT2D eigenvalue weighted by molar-refractivity contribution is 6.09. The number of nitrogens with zero attached hydrogens (tertiary/aromatic N) is 1. The molecule has 0 unspecified atom stereocenters. The summed E-state index contributed by atoms with van der Waals surface area (Å²) in [6, 6.07) is 26.3. The van der Waals surface area contributed by atoms with Gasteiger partial charge in [0.25, 0.3) is 0 Å². The van der Waals surface area contributed by atoms with Crippen molar-refractivity contribution in [2.24, 2.45) is 10.8 Å². The number of ether oxygens (including phenoxy) is 2. The molecule has 3 aromatic rings. The highest BCUT2D eigenvalue weighted by Crippen LogP contribution is 2.76. The quantitative estimate of drug-likeness (QED) is 0.417. The minimum Gasteiger partial charge on any atom is -0.468 e. The van der Waals surface area contributed by atoms with Gasteiger partial charge in [-0.15, -0.1) is 0 Å². The van der Waals surface area contributed by atoms with E-state index in [1.165, 1.54) is 19.3 Å². The Balaban J connectivity index is 1.70. The molecule has 8 heteroatoms. The van der Waals surface area contributed by atoms with Gasteiger partial charge in [0.15, 0.2) is 5.41 Å². The van der Waals surface area contributed by atoms with Crippen molar-refractivity contribution in [1.82, 2.24) is 0 Å². The average Bonchev–Trinajstić information content (AvgIpc) is 3.49. The Morgan fingerprint density at radius 3 is 1.92 bits per heavy atom. The minimum absolute atomic E-state index is 0.0229. The Bertz CT molecular complexity index is 1250. The monoisotopic (exact) mass is 486 g/mol. The molecule has 1 spiro atoms. The summed E-state index contributed by atoms with van der Waals surface area (Å²) in [7, 11) is 2.45. The molecule has 36 heavy (non-hydrogen) atoms. The zero-order valence-electron chi connectivity index (χ0n) is 19.9. The summed E-state index contributed by atoms with van der Waals surface area (Å²) in [5, 5.41) is 4.44. The van der Waals surface area contributed by atoms with E-state index in [2.05, 4.69) is 5.32 Å². The normalized spacial score (nSPS) is 23.7. The third-order valence-electron chi connectivity index (χ3n) is 7.11. The van der Waals surface area contributed by atoms with E-state index in [9.17, 15) is 14.4 Å². The van der Waals surface area contributed by atoms with Crippen LogP contribution in [0.5, 0.6) is 0 Å². The zero-order chi connectivity index (χ0) is 25.3. The molecule has 5 rings (SSSR count). The van der Waals surface area contributed by atoms with Crippen molar-refractivity contribution in [2.75, 3.05) is 24.6 Å². The lowest BCUT2D eigenvalue weighted by molar-refractivity contribution is -0.164. The Kier molecular flexibility index (Phi) is 5.97. The molecule has 3 atom stereocenters. The van der Waals surface area contributed by atoms with Crippen LogP contribution in [0.1, 0.15) is 18.1 Å². The summed E-state index contributed by atoms with van der Waals surface area (Å²) < 4.78 is 10.2. The van der Waals surface area contributed by atoms with Crippen LogP contribution in [0, 0.1) is 10.8 Å². The van der Waals surface area contributed by atoms with E-state index in [0.29, 0.717) is 11.4 Å². The van der Waals surface area contributed by atoms with E-state index in [0.717, 1.165) is 5.56 Å². The second-order valence-corrected chi connectivity index (χ2v) is 8.92. The lowest BCUT2D eigenvalue weighted by Gasteiger charge is -2.28. The van der Waals surface area contributed by atoms with Crippen LogP contribution < -0.4 is 10.4 Å². The molecule has 1 aliphatic heterocycles. The van der Waals surface area contributed by atoms with Crippen molar-refractivity contribution in [3.8, 4) is 0 Å². The minimum atomic E-state index is -1.72. The summed E-state index contributed by atoms with van der Waals surface area (Å²) in [4.78, 5) is 47.0. The van der Waals surface area contributed by atoms with Gasteiger partial charge in [0.05, 0.1) is 25.3 Å². The van der Waals surface area contributed by atoms with Gasteiger partial charge in [-0.25, -0.2) is 5.06 Å². The van der Waals surface area contributed by atoms with Crippen LogP contribution in [0.15, 0.2) is 91.0 Å². The molecule has 2 aliphatic rings. The van der Waals surface area contributed by atoms with Gasteiger partial charge in [-0.1, -0.05) is 66.7 Å². The molecule has 8 nitrogen and oxygen atoms in total. The first kappa shape index (κ1) is 23.6. The summed E-state index contributed by atoms with van der Waals surface area (Å²) in [6.45, 7) is 0. The topological polar surface area (TPSA) is 94.2 Å². The maximum Gasteiger partial charge on any atom is 0.324 e. The van der Waals surface area contributed by atoms with Crippen LogP contribution in [0.2, 0.25) is 0 Å². The molecule has 0 bridgehead atoms. The van der Waals surface area contributed by atoms with Crippen molar-refractivity contribution >= 4 is 29.2 Å². The number of anilines is 2. The predicted octanol–water partition coefficient (Wildman–Crippen LogP) is 3.91. The van der Waals surface area contributed by atoms with E-state index >= 15 is 0 Å². The first-order valence-corrected chi connectivity index (χ1v) is 11.6. The fourth-order valence-electron chi connectivity index (χ4n) is 5.46. The molecule has 3 aromatic carbocycles. The third kappa shape index (κ3) is 3.45. The van der Waals surface area contributed by atoms with Gasteiger partial charge in [0.2, 0.25) is 5.91 Å². The Hall–Kier alpha value is -4.17. The first-order valence-electron chi connectivity index (χ1n) is 11.6. The summed E-state index contributed by atoms with van der Waals surface area (Å²) >= 11 is 0. The van der Waals surface area contributed by atoms with E-state index < -0.39 is 40.8 Å². The SMILES string of the molecule is COC(=O)C1(C(=O)OC)C[C@]12[C@@H](c1ccccc1)ON(c1ccccc1)[C@H]2C(=O)Nc1ccccc1. The number of nitrogens with one attached hydrogen (secondary N) is 1. The number of amides is 1. The van der Waals surface area contributed by atoms with Crippen molar-refractivity contribution in [2.45, 2.75) is 18.6 Å². The second-order valence-electron chi connectivity index (χ2n) is 8.92. The summed E-state index contributed by atoms with van der Waals surface area (Å²) in [5.41, 5.74) is -1.10. The number of hydrogen-bond donors (Lipinski definition) is 1. The van der Waals surface area contributed by atoms with Crippen molar-refractivity contribution < 1.29 is 28.7 Å². The van der Waals surface area contributed by atoms with Crippen LogP contribution >= 0.6 is 0 Å². The van der Waals surface area contributed by atoms with Gasteiger partial charge in [-0.3, -0.25) is 19.2 Å². The van der Waals surface area contributed by atoms with E-state index in [1.54, 1.807) is 12.1 Å². The number of para-hydroxylation sites is 2. The Morgan fingerprint density at radius 1 is 0.833 bits per heavy atom. The number of esters is 2. The maximum absolute atomic E-state index is 14.0. The van der Waals surface area contributed by atoms with Crippen molar-refractivity contribution in [1.29, 1.82) is 0 Å². The fourth-order valence-corrected chi connectivity index (χ4v) is 5.46. The number of rotatable bonds is 6. The van der Waals surface area contributed by atoms with Crippen LogP contribution in [0.4, 0.5) is 11.4 Å². The molecule has 1 aliphatic carbocycles. The smallest absolute Gasteiger partial charge is 0.324 e. The molecular formula is C28H26N2O6. The molecule has 1 amide bonds. The lowest BCUT2D eigenvalue weighted by Crippen LogP contribution is -2.48. The average molecular weight is 487 g/mol. The number of benzene rings is 3. The van der Waals surface area contributed by atoms with Gasteiger partial charge in [0.1, 0.15) is 12.1 Å². The van der Waals surface area contributed by atoms with Crippen LogP contribution in [0.25, 0.3) is 0 Å². The van der Waals surface area contributed by atoms with Gasteiger partial charge in [0, 0.05) is 5.69 Å². The van der Waals surface area contributed by atoms with E-state index in [1.807, 2.05) is 78.9 Å². The second kappa shape index (κ2) is 9.13. The van der Waals surface area contributed by atoms with Crippen molar-refractivity contribution in [3.63, 3.8) is 0 Å². The van der Waals surface area contributed by atoms with Crippen LogP contribution in [-0.2, 0) is 28.7 Å². The molecule has 2 fully saturated rings. The van der Waals surface area contributed by atoms with E-state index in [-0.39, 0.29) is 6.42 Å². The molecule has 0 aromatic heterocycles. The molecule has 1 saturated heterocycles. The molecule has 1 saturated carbocycles. The standard InChI is InChI=1S/C28H26N2O6/c1-34-25(32)28(26(33)35-2)18-27(28)22(24(31)29-20-14-8-4-9-15-20)30(21-16-10-5-11-17-21)36-23(27)19-12-6-3-7-13-19/h3-17,22-23H,18H2,1-2H3,(H,29,31)/t22-,23+,27-/m0/s1. The zero-order valence-corrected chi connectivity index (χ0v) is 19.9. The Labute approximate surface area is 208 Å².